The second-order valence-corrected chi connectivity index (χ2v) is 3.67. The lowest BCUT2D eigenvalue weighted by Gasteiger charge is -2.01. The average molecular weight is 244 g/mol. The van der Waals surface area contributed by atoms with Crippen LogP contribution >= 0.6 is 24.5 Å². The molecule has 0 saturated heterocycles. The highest BCUT2D eigenvalue weighted by molar-refractivity contribution is 8.09. The van der Waals surface area contributed by atoms with E-state index in [2.05, 4.69) is 29.8 Å². The van der Waals surface area contributed by atoms with E-state index in [1.54, 1.807) is 24.5 Å². The lowest BCUT2D eigenvalue weighted by Crippen LogP contribution is -1.90. The molecule has 0 bridgehead atoms. The number of hydrogen-bond acceptors (Lipinski definition) is 7. The lowest BCUT2D eigenvalue weighted by molar-refractivity contribution is 0.766. The molecule has 2 aromatic heterocycles. The number of hydrogen-bond donors (Lipinski definition) is 4. The maximum Gasteiger partial charge on any atom is 0.133 e. The summed E-state index contributed by atoms with van der Waals surface area (Å²) in [7, 11) is 0. The van der Waals surface area contributed by atoms with Gasteiger partial charge in [-0.3, -0.25) is 19.6 Å². The minimum Gasteiger partial charge on any atom is -0.290 e. The van der Waals surface area contributed by atoms with Gasteiger partial charge in [0.05, 0.1) is 12.4 Å². The number of H-pyrrole nitrogens is 2. The third-order valence-corrected chi connectivity index (χ3v) is 2.52. The van der Waals surface area contributed by atoms with E-state index in [1.165, 1.54) is 0 Å². The fourth-order valence-corrected chi connectivity index (χ4v) is 1.58. The van der Waals surface area contributed by atoms with Gasteiger partial charge in [-0.1, -0.05) is 0 Å². The molecule has 2 rings (SSSR count). The second-order valence-electron chi connectivity index (χ2n) is 2.38. The highest BCUT2D eigenvalue weighted by atomic mass is 32.2. The minimum atomic E-state index is 0.780. The van der Waals surface area contributed by atoms with Crippen molar-refractivity contribution in [1.82, 2.24) is 20.4 Å². The summed E-state index contributed by atoms with van der Waals surface area (Å²) < 4.78 is 10.9. The zero-order chi connectivity index (χ0) is 10.3. The Labute approximate surface area is 94.4 Å². The second kappa shape index (κ2) is 5.53. The van der Waals surface area contributed by atoms with Gasteiger partial charge in [0, 0.05) is 12.1 Å². The molecule has 4 N–H and O–H groups in total. The molecule has 0 fully saturated rings. The fourth-order valence-electron chi connectivity index (χ4n) is 0.766. The molecule has 9 heteroatoms. The van der Waals surface area contributed by atoms with Crippen LogP contribution in [0.3, 0.4) is 0 Å². The Bertz CT molecular complexity index is 327. The van der Waals surface area contributed by atoms with Crippen LogP contribution in [0.15, 0.2) is 24.5 Å². The SMILES string of the molecule is c1cc(NSOSNc2ccn[nH]2)[nH]n1. The highest BCUT2D eigenvalue weighted by Gasteiger charge is 1.95. The molecule has 0 saturated carbocycles. The summed E-state index contributed by atoms with van der Waals surface area (Å²) in [5.41, 5.74) is 0. The maximum absolute atomic E-state index is 5.10. The third kappa shape index (κ3) is 3.38. The molecule has 0 unspecified atom stereocenters. The summed E-state index contributed by atoms with van der Waals surface area (Å²) in [4.78, 5) is 0. The van der Waals surface area contributed by atoms with Crippen molar-refractivity contribution in [2.24, 2.45) is 0 Å². The smallest absolute Gasteiger partial charge is 0.133 e. The molecular weight excluding hydrogens is 236 g/mol. The Hall–Kier alpha value is -1.32. The van der Waals surface area contributed by atoms with E-state index in [4.69, 9.17) is 3.63 Å². The van der Waals surface area contributed by atoms with Gasteiger partial charge in [0.1, 0.15) is 36.1 Å². The predicted molar refractivity (Wildman–Crippen MR) is 60.7 cm³/mol. The van der Waals surface area contributed by atoms with E-state index in [-0.39, 0.29) is 0 Å². The lowest BCUT2D eigenvalue weighted by atomic mass is 10.7. The monoisotopic (exact) mass is 244 g/mol. The van der Waals surface area contributed by atoms with Gasteiger partial charge in [0.2, 0.25) is 0 Å². The molecule has 0 aliphatic rings. The molecule has 0 aliphatic heterocycles. The van der Waals surface area contributed by atoms with E-state index in [0.717, 1.165) is 36.1 Å². The number of nitrogens with one attached hydrogen (secondary N) is 4. The third-order valence-electron chi connectivity index (χ3n) is 1.37. The molecule has 0 amide bonds. The van der Waals surface area contributed by atoms with Crippen LogP contribution < -0.4 is 9.44 Å². The van der Waals surface area contributed by atoms with Gasteiger partial charge in [-0.25, -0.2) is 3.63 Å². The van der Waals surface area contributed by atoms with Crippen LogP contribution in [-0.4, -0.2) is 20.4 Å². The Morgan fingerprint density at radius 3 is 1.93 bits per heavy atom. The quantitative estimate of drug-likeness (QED) is 0.350. The van der Waals surface area contributed by atoms with Crippen LogP contribution in [0.4, 0.5) is 11.6 Å². The Morgan fingerprint density at radius 2 is 1.53 bits per heavy atom. The Kier molecular flexibility index (Phi) is 3.77. The highest BCUT2D eigenvalue weighted by Crippen LogP contribution is 2.17. The summed E-state index contributed by atoms with van der Waals surface area (Å²) in [5, 5.41) is 13.0. The van der Waals surface area contributed by atoms with Gasteiger partial charge in [0.25, 0.3) is 0 Å². The summed E-state index contributed by atoms with van der Waals surface area (Å²) in [5.74, 6) is 1.56. The summed E-state index contributed by atoms with van der Waals surface area (Å²) in [6.45, 7) is 0. The Morgan fingerprint density at radius 1 is 1.00 bits per heavy atom. The van der Waals surface area contributed by atoms with Gasteiger partial charge in [0.15, 0.2) is 0 Å². The van der Waals surface area contributed by atoms with Crippen molar-refractivity contribution >= 4 is 36.1 Å². The zero-order valence-electron chi connectivity index (χ0n) is 7.43. The molecule has 0 spiro atoms. The van der Waals surface area contributed by atoms with Crippen LogP contribution in [0.2, 0.25) is 0 Å². The van der Waals surface area contributed by atoms with Crippen molar-refractivity contribution in [3.63, 3.8) is 0 Å². The molecule has 0 atom stereocenters. The van der Waals surface area contributed by atoms with Gasteiger partial charge in [-0.2, -0.15) is 10.2 Å². The number of aromatic nitrogens is 4. The van der Waals surface area contributed by atoms with Crippen molar-refractivity contribution in [2.45, 2.75) is 0 Å². The van der Waals surface area contributed by atoms with Crippen molar-refractivity contribution in [1.29, 1.82) is 0 Å². The first kappa shape index (κ1) is 10.2. The summed E-state index contributed by atoms with van der Waals surface area (Å²) in [6.07, 6.45) is 3.30. The standard InChI is InChI=1S/C6H8N6OS2/c1-3-7-9-5(1)11-14-13-15-12-6-2-4-8-10-6/h1-4H,(H2,7,9,11)(H2,8,10,12). The van der Waals surface area contributed by atoms with Gasteiger partial charge in [-0.05, 0) is 0 Å². The predicted octanol–water partition coefficient (Wildman–Crippen LogP) is 1.80. The molecule has 80 valence electrons. The van der Waals surface area contributed by atoms with E-state index in [1.807, 2.05) is 0 Å². The first-order valence-corrected chi connectivity index (χ1v) is 5.43. The van der Waals surface area contributed by atoms with Crippen LogP contribution in [0.5, 0.6) is 0 Å². The van der Waals surface area contributed by atoms with E-state index in [0.29, 0.717) is 0 Å². The van der Waals surface area contributed by atoms with Crippen LogP contribution in [-0.2, 0) is 3.63 Å². The number of rotatable bonds is 6. The molecule has 0 aromatic carbocycles. The maximum atomic E-state index is 5.10. The van der Waals surface area contributed by atoms with E-state index in [9.17, 15) is 0 Å². The first-order chi connectivity index (χ1) is 7.45. The molecule has 7 nitrogen and oxygen atoms in total. The van der Waals surface area contributed by atoms with Crippen LogP contribution in [0.25, 0.3) is 0 Å². The number of aromatic amines is 2. The number of nitrogens with zero attached hydrogens (tertiary/aromatic N) is 2. The van der Waals surface area contributed by atoms with Crippen molar-refractivity contribution in [3.05, 3.63) is 24.5 Å². The van der Waals surface area contributed by atoms with Crippen LogP contribution in [0, 0.1) is 0 Å². The van der Waals surface area contributed by atoms with Gasteiger partial charge >= 0.3 is 0 Å². The van der Waals surface area contributed by atoms with E-state index >= 15 is 0 Å². The average Bonchev–Trinajstić information content (AvgIpc) is 2.88. The van der Waals surface area contributed by atoms with Crippen molar-refractivity contribution in [2.75, 3.05) is 9.44 Å². The summed E-state index contributed by atoms with van der Waals surface area (Å²) in [6, 6.07) is 3.59. The van der Waals surface area contributed by atoms with Gasteiger partial charge < -0.3 is 0 Å². The van der Waals surface area contributed by atoms with Crippen molar-refractivity contribution < 1.29 is 3.63 Å². The van der Waals surface area contributed by atoms with Crippen molar-refractivity contribution in [3.8, 4) is 0 Å². The molecule has 0 radical (unpaired) electrons. The minimum absolute atomic E-state index is 0.780. The molecule has 15 heavy (non-hydrogen) atoms. The molecule has 0 aliphatic carbocycles. The summed E-state index contributed by atoms with van der Waals surface area (Å²) >= 11 is 2.16. The normalized spacial score (nSPS) is 10.1. The largest absolute Gasteiger partial charge is 0.290 e. The molecule has 2 aromatic rings. The topological polar surface area (TPSA) is 90.6 Å². The van der Waals surface area contributed by atoms with Crippen LogP contribution in [0.1, 0.15) is 0 Å². The molecule has 2 heterocycles. The Balaban J connectivity index is 1.56. The first-order valence-electron chi connectivity index (χ1n) is 3.95. The number of anilines is 2. The molecular formula is C6H8N6OS2. The fraction of sp³-hybridized carbons (Fsp3) is 0. The zero-order valence-corrected chi connectivity index (χ0v) is 9.06. The van der Waals surface area contributed by atoms with Gasteiger partial charge in [-0.15, -0.1) is 0 Å². The van der Waals surface area contributed by atoms with E-state index < -0.39 is 0 Å².